The first kappa shape index (κ1) is 10.8. The summed E-state index contributed by atoms with van der Waals surface area (Å²) >= 11 is 0. The van der Waals surface area contributed by atoms with Crippen LogP contribution in [0.5, 0.6) is 0 Å². The molecule has 0 spiro atoms. The second kappa shape index (κ2) is 4.03. The van der Waals surface area contributed by atoms with E-state index in [1.54, 1.807) is 0 Å². The molecule has 0 aromatic heterocycles. The molecular formula is C12H23N3. The van der Waals surface area contributed by atoms with Crippen LogP contribution in [0.15, 0.2) is 4.99 Å². The predicted octanol–water partition coefficient (Wildman–Crippen LogP) is 1.75. The van der Waals surface area contributed by atoms with Gasteiger partial charge in [0.25, 0.3) is 0 Å². The lowest BCUT2D eigenvalue weighted by molar-refractivity contribution is 0.385. The van der Waals surface area contributed by atoms with Crippen molar-refractivity contribution in [1.29, 1.82) is 0 Å². The average molecular weight is 209 g/mol. The van der Waals surface area contributed by atoms with Gasteiger partial charge in [0.05, 0.1) is 6.54 Å². The zero-order valence-corrected chi connectivity index (χ0v) is 10.1. The smallest absolute Gasteiger partial charge is 0.191 e. The van der Waals surface area contributed by atoms with Gasteiger partial charge in [0.2, 0.25) is 0 Å². The van der Waals surface area contributed by atoms with Crippen molar-refractivity contribution in [2.24, 2.45) is 16.3 Å². The van der Waals surface area contributed by atoms with E-state index in [1.807, 2.05) is 0 Å². The van der Waals surface area contributed by atoms with Crippen molar-refractivity contribution in [1.82, 2.24) is 10.6 Å². The number of nitrogens with zero attached hydrogens (tertiary/aromatic N) is 1. The second-order valence-electron chi connectivity index (χ2n) is 5.69. The molecule has 86 valence electrons. The third-order valence-electron chi connectivity index (χ3n) is 3.34. The van der Waals surface area contributed by atoms with Gasteiger partial charge in [0, 0.05) is 12.6 Å². The van der Waals surface area contributed by atoms with Gasteiger partial charge >= 0.3 is 0 Å². The van der Waals surface area contributed by atoms with Crippen molar-refractivity contribution in [3.05, 3.63) is 0 Å². The predicted molar refractivity (Wildman–Crippen MR) is 64.0 cm³/mol. The van der Waals surface area contributed by atoms with Gasteiger partial charge < -0.3 is 10.6 Å². The van der Waals surface area contributed by atoms with Crippen molar-refractivity contribution in [2.45, 2.75) is 46.1 Å². The maximum Gasteiger partial charge on any atom is 0.191 e. The van der Waals surface area contributed by atoms with Crippen molar-refractivity contribution < 1.29 is 0 Å². The number of hydrogen-bond donors (Lipinski definition) is 2. The molecule has 0 aromatic rings. The topological polar surface area (TPSA) is 36.4 Å². The minimum atomic E-state index is 0.507. The third-order valence-corrected chi connectivity index (χ3v) is 3.34. The van der Waals surface area contributed by atoms with Crippen LogP contribution in [0.1, 0.15) is 40.0 Å². The lowest BCUT2D eigenvalue weighted by atomic mass is 9.94. The summed E-state index contributed by atoms with van der Waals surface area (Å²) in [5.74, 6) is 1.82. The quantitative estimate of drug-likeness (QED) is 0.740. The molecular weight excluding hydrogens is 186 g/mol. The molecule has 15 heavy (non-hydrogen) atoms. The van der Waals surface area contributed by atoms with Gasteiger partial charge in [-0.15, -0.1) is 0 Å². The molecule has 2 N–H and O–H groups in total. The van der Waals surface area contributed by atoms with Crippen LogP contribution in [0.25, 0.3) is 0 Å². The molecule has 1 atom stereocenters. The van der Waals surface area contributed by atoms with E-state index in [9.17, 15) is 0 Å². The fourth-order valence-electron chi connectivity index (χ4n) is 2.43. The molecule has 1 saturated carbocycles. The Morgan fingerprint density at radius 3 is 2.73 bits per heavy atom. The zero-order chi connectivity index (χ0) is 10.9. The molecule has 0 aromatic carbocycles. The van der Waals surface area contributed by atoms with E-state index in [2.05, 4.69) is 36.4 Å². The summed E-state index contributed by atoms with van der Waals surface area (Å²) in [7, 11) is 0. The highest BCUT2D eigenvalue weighted by Crippen LogP contribution is 2.49. The van der Waals surface area contributed by atoms with Crippen LogP contribution in [0, 0.1) is 11.3 Å². The fourth-order valence-corrected chi connectivity index (χ4v) is 2.43. The summed E-state index contributed by atoms with van der Waals surface area (Å²) in [6, 6.07) is 0.507. The summed E-state index contributed by atoms with van der Waals surface area (Å²) in [6.45, 7) is 8.81. The molecule has 3 heteroatoms. The minimum Gasteiger partial charge on any atom is -0.356 e. The summed E-state index contributed by atoms with van der Waals surface area (Å²) in [5, 5.41) is 6.81. The molecule has 1 aliphatic heterocycles. The van der Waals surface area contributed by atoms with Gasteiger partial charge in [0.1, 0.15) is 0 Å². The molecule has 1 unspecified atom stereocenters. The van der Waals surface area contributed by atoms with E-state index in [0.29, 0.717) is 11.5 Å². The van der Waals surface area contributed by atoms with E-state index >= 15 is 0 Å². The Balaban J connectivity index is 1.74. The van der Waals surface area contributed by atoms with Crippen LogP contribution in [0.2, 0.25) is 0 Å². The molecule has 3 nitrogen and oxygen atoms in total. The van der Waals surface area contributed by atoms with Gasteiger partial charge in [-0.05, 0) is 37.5 Å². The molecule has 1 fully saturated rings. The van der Waals surface area contributed by atoms with Gasteiger partial charge in [-0.2, -0.15) is 0 Å². The molecule has 2 rings (SSSR count). The SMILES string of the molecule is CC(C)CC1(CNC2=NCC(C)N2)CC1. The first-order valence-corrected chi connectivity index (χ1v) is 6.14. The number of nitrogens with one attached hydrogen (secondary N) is 2. The summed E-state index contributed by atoms with van der Waals surface area (Å²) < 4.78 is 0. The average Bonchev–Trinajstić information content (AvgIpc) is 2.77. The Bertz CT molecular complexity index is 254. The number of hydrogen-bond acceptors (Lipinski definition) is 3. The van der Waals surface area contributed by atoms with Gasteiger partial charge in [-0.25, -0.2) is 0 Å². The Morgan fingerprint density at radius 1 is 1.53 bits per heavy atom. The molecule has 0 amide bonds. The van der Waals surface area contributed by atoms with Gasteiger partial charge in [-0.1, -0.05) is 13.8 Å². The highest BCUT2D eigenvalue weighted by atomic mass is 15.2. The molecule has 1 heterocycles. The standard InChI is InChI=1S/C12H23N3/c1-9(2)6-12(4-5-12)8-14-11-13-7-10(3)15-11/h9-10H,4-8H2,1-3H3,(H2,13,14,15). The Morgan fingerprint density at radius 2 is 2.27 bits per heavy atom. The van der Waals surface area contributed by atoms with Crippen molar-refractivity contribution in [3.63, 3.8) is 0 Å². The first-order chi connectivity index (χ1) is 7.10. The lowest BCUT2D eigenvalue weighted by Gasteiger charge is -2.19. The molecule has 2 aliphatic rings. The number of aliphatic imine (C=N–C) groups is 1. The minimum absolute atomic E-state index is 0.507. The molecule has 0 radical (unpaired) electrons. The lowest BCUT2D eigenvalue weighted by Crippen LogP contribution is -2.40. The van der Waals surface area contributed by atoms with Crippen LogP contribution >= 0.6 is 0 Å². The summed E-state index contributed by atoms with van der Waals surface area (Å²) in [5.41, 5.74) is 0.587. The number of guanidine groups is 1. The summed E-state index contributed by atoms with van der Waals surface area (Å²) in [4.78, 5) is 4.42. The molecule has 0 saturated heterocycles. The van der Waals surface area contributed by atoms with Gasteiger partial charge in [0.15, 0.2) is 5.96 Å². The maximum atomic E-state index is 4.42. The fraction of sp³-hybridized carbons (Fsp3) is 0.917. The summed E-state index contributed by atoms with van der Waals surface area (Å²) in [6.07, 6.45) is 4.13. The van der Waals surface area contributed by atoms with Crippen LogP contribution in [-0.4, -0.2) is 25.1 Å². The normalized spacial score (nSPS) is 27.5. The number of rotatable bonds is 4. The van der Waals surface area contributed by atoms with E-state index in [0.717, 1.165) is 25.0 Å². The first-order valence-electron chi connectivity index (χ1n) is 6.14. The monoisotopic (exact) mass is 209 g/mol. The van der Waals surface area contributed by atoms with Crippen molar-refractivity contribution in [3.8, 4) is 0 Å². The van der Waals surface area contributed by atoms with Crippen molar-refractivity contribution in [2.75, 3.05) is 13.1 Å². The van der Waals surface area contributed by atoms with E-state index in [-0.39, 0.29) is 0 Å². The zero-order valence-electron chi connectivity index (χ0n) is 10.1. The van der Waals surface area contributed by atoms with E-state index in [4.69, 9.17) is 0 Å². The Kier molecular flexibility index (Phi) is 2.89. The third kappa shape index (κ3) is 2.86. The van der Waals surface area contributed by atoms with E-state index in [1.165, 1.54) is 19.3 Å². The van der Waals surface area contributed by atoms with Crippen LogP contribution in [0.3, 0.4) is 0 Å². The van der Waals surface area contributed by atoms with Gasteiger partial charge in [-0.3, -0.25) is 4.99 Å². The second-order valence-corrected chi connectivity index (χ2v) is 5.69. The maximum absolute atomic E-state index is 4.42. The highest BCUT2D eigenvalue weighted by molar-refractivity contribution is 5.81. The largest absolute Gasteiger partial charge is 0.356 e. The van der Waals surface area contributed by atoms with Crippen LogP contribution in [-0.2, 0) is 0 Å². The van der Waals surface area contributed by atoms with Crippen molar-refractivity contribution >= 4 is 5.96 Å². The molecule has 1 aliphatic carbocycles. The highest BCUT2D eigenvalue weighted by Gasteiger charge is 2.42. The van der Waals surface area contributed by atoms with E-state index < -0.39 is 0 Å². The Labute approximate surface area is 92.7 Å². The van der Waals surface area contributed by atoms with Crippen LogP contribution in [0.4, 0.5) is 0 Å². The Hall–Kier alpha value is -0.730. The van der Waals surface area contributed by atoms with Crippen LogP contribution < -0.4 is 10.6 Å². The molecule has 0 bridgehead atoms.